The molecule has 0 aliphatic heterocycles. The molecule has 7 nitrogen and oxygen atoms in total. The average Bonchev–Trinajstić information content (AvgIpc) is 3.52. The summed E-state index contributed by atoms with van der Waals surface area (Å²) in [5.74, 6) is 0. The number of benzene rings is 5. The number of rotatable bonds is 22. The van der Waals surface area contributed by atoms with Crippen LogP contribution in [0.5, 0.6) is 0 Å². The standard InChI is InChI=1S/C51H63N3O4/c1-6-10-14-18-22-32(23-19-15-11-7-2)53-48(55)36-28-26-34-35-27-29-37-43-39(51(58)54(49(37)56)33(24-20-16-12-8-3)25-21-17-13-9-4)31-41-47(45(35)43)46-40(52(41)5)30-38(50(53)57)42(36)44(34)46/h26-33H,6-25H2,1-5H3. The summed E-state index contributed by atoms with van der Waals surface area (Å²) in [6.07, 6.45) is 20.9. The lowest BCUT2D eigenvalue weighted by atomic mass is 9.86. The molecule has 0 saturated carbocycles. The molecule has 0 amide bonds. The molecule has 0 spiro atoms. The van der Waals surface area contributed by atoms with E-state index in [1.54, 1.807) is 9.13 Å². The normalized spacial score (nSPS) is 12.8. The SMILES string of the molecule is CCCCCCC(CCCCCC)n1c(=O)c2ccc3c4ccc5c(=O)n(C(CCCCCC)CCCCCC)c(=O)c6cc7c(c4c56)c4c3c2c(cc4n7C)c1=O. The largest absolute Gasteiger partial charge is 0.344 e. The summed E-state index contributed by atoms with van der Waals surface area (Å²) in [5.41, 5.74) is 1.08. The Labute approximate surface area is 341 Å². The van der Waals surface area contributed by atoms with E-state index in [2.05, 4.69) is 44.4 Å². The summed E-state index contributed by atoms with van der Waals surface area (Å²) in [7, 11) is 2.03. The van der Waals surface area contributed by atoms with E-state index in [-0.39, 0.29) is 34.3 Å². The third kappa shape index (κ3) is 6.55. The molecule has 7 heteroatoms. The van der Waals surface area contributed by atoms with Crippen LogP contribution in [-0.2, 0) is 7.05 Å². The number of hydrogen-bond acceptors (Lipinski definition) is 4. The van der Waals surface area contributed by atoms with Crippen molar-refractivity contribution in [2.45, 2.75) is 168 Å². The summed E-state index contributed by atoms with van der Waals surface area (Å²) >= 11 is 0. The van der Waals surface area contributed by atoms with Gasteiger partial charge in [0.05, 0.1) is 21.8 Å². The Kier molecular flexibility index (Phi) is 11.8. The molecule has 0 fully saturated rings. The van der Waals surface area contributed by atoms with E-state index in [4.69, 9.17) is 0 Å². The Morgan fingerprint density at radius 2 is 0.690 bits per heavy atom. The fourth-order valence-corrected chi connectivity index (χ4v) is 10.8. The summed E-state index contributed by atoms with van der Waals surface area (Å²) in [6.45, 7) is 8.83. The van der Waals surface area contributed by atoms with Crippen molar-refractivity contribution in [3.8, 4) is 0 Å². The van der Waals surface area contributed by atoms with Crippen molar-refractivity contribution >= 4 is 75.7 Å². The van der Waals surface area contributed by atoms with Gasteiger partial charge >= 0.3 is 0 Å². The van der Waals surface area contributed by atoms with Gasteiger partial charge in [0, 0.05) is 62.2 Å². The molecule has 0 atom stereocenters. The van der Waals surface area contributed by atoms with Crippen molar-refractivity contribution in [2.75, 3.05) is 0 Å². The van der Waals surface area contributed by atoms with Crippen LogP contribution in [0, 0.1) is 0 Å². The summed E-state index contributed by atoms with van der Waals surface area (Å²) in [6, 6.07) is 11.7. The molecule has 0 bridgehead atoms. The third-order valence-corrected chi connectivity index (χ3v) is 13.9. The van der Waals surface area contributed by atoms with Crippen LogP contribution in [0.25, 0.3) is 75.7 Å². The van der Waals surface area contributed by atoms with Gasteiger partial charge in [-0.2, -0.15) is 0 Å². The van der Waals surface area contributed by atoms with Crippen LogP contribution >= 0.6 is 0 Å². The first-order valence-electron chi connectivity index (χ1n) is 23.1. The lowest BCUT2D eigenvalue weighted by Gasteiger charge is -2.23. The molecule has 0 saturated heterocycles. The number of nitrogens with zero attached hydrogens (tertiary/aromatic N) is 3. The van der Waals surface area contributed by atoms with Gasteiger partial charge in [-0.15, -0.1) is 0 Å². The van der Waals surface area contributed by atoms with Crippen molar-refractivity contribution in [3.05, 3.63) is 77.8 Å². The number of pyridine rings is 2. The smallest absolute Gasteiger partial charge is 0.261 e. The second kappa shape index (κ2) is 17.0. The van der Waals surface area contributed by atoms with Crippen LogP contribution in [0.3, 0.4) is 0 Å². The predicted molar refractivity (Wildman–Crippen MR) is 247 cm³/mol. The topological polar surface area (TPSA) is 83.1 Å². The van der Waals surface area contributed by atoms with Gasteiger partial charge in [0.15, 0.2) is 0 Å². The Balaban J connectivity index is 1.37. The molecular weight excluding hydrogens is 719 g/mol. The molecule has 0 aliphatic rings. The van der Waals surface area contributed by atoms with Gasteiger partial charge < -0.3 is 4.57 Å². The van der Waals surface area contributed by atoms with E-state index >= 15 is 0 Å². The first kappa shape index (κ1) is 40.3. The van der Waals surface area contributed by atoms with Crippen LogP contribution in [0.4, 0.5) is 0 Å². The molecule has 0 radical (unpaired) electrons. The zero-order valence-corrected chi connectivity index (χ0v) is 35.7. The highest BCUT2D eigenvalue weighted by Gasteiger charge is 2.30. The molecule has 3 aromatic heterocycles. The zero-order chi connectivity index (χ0) is 40.7. The van der Waals surface area contributed by atoms with E-state index in [0.29, 0.717) is 21.5 Å². The molecule has 0 aliphatic carbocycles. The van der Waals surface area contributed by atoms with E-state index in [1.165, 1.54) is 0 Å². The molecule has 3 heterocycles. The fraction of sp³-hybridized carbons (Fsp3) is 0.529. The predicted octanol–water partition coefficient (Wildman–Crippen LogP) is 12.9. The second-order valence-electron chi connectivity index (χ2n) is 17.7. The van der Waals surface area contributed by atoms with Crippen molar-refractivity contribution in [1.82, 2.24) is 13.7 Å². The minimum atomic E-state index is -0.192. The molecule has 0 N–H and O–H groups in total. The van der Waals surface area contributed by atoms with Crippen molar-refractivity contribution in [3.63, 3.8) is 0 Å². The third-order valence-electron chi connectivity index (χ3n) is 13.9. The van der Waals surface area contributed by atoms with E-state index < -0.39 is 0 Å². The average molecular weight is 782 g/mol. The summed E-state index contributed by atoms with van der Waals surface area (Å²) in [4.78, 5) is 59.1. The minimum Gasteiger partial charge on any atom is -0.344 e. The Bertz CT molecular complexity index is 2700. The van der Waals surface area contributed by atoms with Crippen LogP contribution in [-0.4, -0.2) is 13.7 Å². The molecule has 306 valence electrons. The second-order valence-corrected chi connectivity index (χ2v) is 17.7. The number of hydrogen-bond donors (Lipinski definition) is 0. The molecule has 8 rings (SSSR count). The van der Waals surface area contributed by atoms with E-state index in [0.717, 1.165) is 183 Å². The molecular formula is C51H63N3O4. The molecule has 58 heavy (non-hydrogen) atoms. The van der Waals surface area contributed by atoms with E-state index in [1.807, 2.05) is 31.3 Å². The van der Waals surface area contributed by atoms with Crippen LogP contribution < -0.4 is 22.2 Å². The number of unbranched alkanes of at least 4 members (excludes halogenated alkanes) is 12. The zero-order valence-electron chi connectivity index (χ0n) is 35.7. The Hall–Kier alpha value is -4.52. The van der Waals surface area contributed by atoms with Gasteiger partial charge in [-0.05, 0) is 60.7 Å². The number of fused-ring (bicyclic) bond motifs is 1. The maximum Gasteiger partial charge on any atom is 0.261 e. The number of aryl methyl sites for hydroxylation is 1. The first-order valence-corrected chi connectivity index (χ1v) is 23.1. The minimum absolute atomic E-state index is 0.135. The van der Waals surface area contributed by atoms with Crippen LogP contribution in [0.2, 0.25) is 0 Å². The fourth-order valence-electron chi connectivity index (χ4n) is 10.8. The van der Waals surface area contributed by atoms with Crippen LogP contribution in [0.1, 0.15) is 168 Å². The van der Waals surface area contributed by atoms with Crippen molar-refractivity contribution < 1.29 is 0 Å². The van der Waals surface area contributed by atoms with Crippen molar-refractivity contribution in [2.24, 2.45) is 7.05 Å². The lowest BCUT2D eigenvalue weighted by molar-refractivity contribution is 0.384. The molecule has 8 aromatic rings. The summed E-state index contributed by atoms with van der Waals surface area (Å²) in [5, 5.41) is 9.62. The van der Waals surface area contributed by atoms with Gasteiger partial charge in [-0.1, -0.05) is 143 Å². The maximum atomic E-state index is 14.9. The van der Waals surface area contributed by atoms with Gasteiger partial charge in [0.1, 0.15) is 0 Å². The number of aromatic nitrogens is 3. The highest BCUT2D eigenvalue weighted by molar-refractivity contribution is 6.45. The van der Waals surface area contributed by atoms with Gasteiger partial charge in [0.2, 0.25) is 0 Å². The van der Waals surface area contributed by atoms with Gasteiger partial charge in [0.25, 0.3) is 22.2 Å². The van der Waals surface area contributed by atoms with Gasteiger partial charge in [-0.25, -0.2) is 0 Å². The Morgan fingerprint density at radius 3 is 1.02 bits per heavy atom. The Morgan fingerprint density at radius 1 is 0.379 bits per heavy atom. The highest BCUT2D eigenvalue weighted by Crippen LogP contribution is 2.49. The van der Waals surface area contributed by atoms with Crippen molar-refractivity contribution in [1.29, 1.82) is 0 Å². The summed E-state index contributed by atoms with van der Waals surface area (Å²) < 4.78 is 5.37. The molecule has 5 aromatic carbocycles. The van der Waals surface area contributed by atoms with Crippen LogP contribution in [0.15, 0.2) is 55.6 Å². The molecule has 0 unspecified atom stereocenters. The maximum absolute atomic E-state index is 14.9. The lowest BCUT2D eigenvalue weighted by Crippen LogP contribution is -2.37. The highest BCUT2D eigenvalue weighted by atomic mass is 16.2. The monoisotopic (exact) mass is 781 g/mol. The van der Waals surface area contributed by atoms with Gasteiger partial charge in [-0.3, -0.25) is 28.3 Å². The first-order chi connectivity index (χ1) is 28.3. The van der Waals surface area contributed by atoms with E-state index in [9.17, 15) is 19.2 Å². The quantitative estimate of drug-likeness (QED) is 0.0389.